The predicted octanol–water partition coefficient (Wildman–Crippen LogP) is 0.810. The molecule has 3 heteroatoms. The molecule has 1 rings (SSSR count). The van der Waals surface area contributed by atoms with Crippen molar-refractivity contribution in [2.24, 2.45) is 0 Å². The SMILES string of the molecule is C=C1C(=O)OOC1CC. The van der Waals surface area contributed by atoms with Crippen molar-refractivity contribution in [3.05, 3.63) is 12.2 Å². The molecule has 1 fully saturated rings. The molecule has 0 aromatic heterocycles. The topological polar surface area (TPSA) is 35.5 Å². The van der Waals surface area contributed by atoms with Gasteiger partial charge in [0.15, 0.2) is 0 Å². The van der Waals surface area contributed by atoms with E-state index < -0.39 is 5.97 Å². The molecule has 9 heavy (non-hydrogen) atoms. The highest BCUT2D eigenvalue weighted by Crippen LogP contribution is 2.17. The van der Waals surface area contributed by atoms with Crippen molar-refractivity contribution in [3.8, 4) is 0 Å². The number of hydrogen-bond acceptors (Lipinski definition) is 3. The van der Waals surface area contributed by atoms with Crippen LogP contribution in [0.3, 0.4) is 0 Å². The van der Waals surface area contributed by atoms with Crippen LogP contribution in [0.4, 0.5) is 0 Å². The first-order valence-corrected chi connectivity index (χ1v) is 2.82. The van der Waals surface area contributed by atoms with E-state index >= 15 is 0 Å². The highest BCUT2D eigenvalue weighted by molar-refractivity contribution is 5.89. The van der Waals surface area contributed by atoms with Gasteiger partial charge in [-0.2, -0.15) is 4.89 Å². The molecule has 0 aliphatic carbocycles. The molecule has 1 aliphatic rings. The summed E-state index contributed by atoms with van der Waals surface area (Å²) in [5, 5.41) is 0. The van der Waals surface area contributed by atoms with Crippen molar-refractivity contribution in [3.63, 3.8) is 0 Å². The van der Waals surface area contributed by atoms with Crippen molar-refractivity contribution in [1.29, 1.82) is 0 Å². The Kier molecular flexibility index (Phi) is 1.53. The van der Waals surface area contributed by atoms with E-state index in [4.69, 9.17) is 0 Å². The Bertz CT molecular complexity index is 150. The van der Waals surface area contributed by atoms with Crippen LogP contribution in [0.15, 0.2) is 12.2 Å². The quantitative estimate of drug-likeness (QED) is 0.387. The van der Waals surface area contributed by atoms with Gasteiger partial charge in [-0.15, -0.1) is 0 Å². The second-order valence-electron chi connectivity index (χ2n) is 1.89. The van der Waals surface area contributed by atoms with Crippen molar-refractivity contribution in [2.75, 3.05) is 0 Å². The lowest BCUT2D eigenvalue weighted by Gasteiger charge is -1.97. The van der Waals surface area contributed by atoms with Gasteiger partial charge in [-0.25, -0.2) is 4.79 Å². The van der Waals surface area contributed by atoms with E-state index in [1.165, 1.54) is 0 Å². The van der Waals surface area contributed by atoms with Crippen LogP contribution < -0.4 is 0 Å². The summed E-state index contributed by atoms with van der Waals surface area (Å²) < 4.78 is 0. The van der Waals surface area contributed by atoms with E-state index in [1.54, 1.807) is 0 Å². The van der Waals surface area contributed by atoms with Crippen LogP contribution in [0.5, 0.6) is 0 Å². The third-order valence-corrected chi connectivity index (χ3v) is 1.26. The minimum absolute atomic E-state index is 0.225. The van der Waals surface area contributed by atoms with Crippen LogP contribution in [-0.2, 0) is 14.6 Å². The number of hydrogen-bond donors (Lipinski definition) is 0. The molecule has 0 radical (unpaired) electrons. The molecule has 1 aliphatic heterocycles. The molecule has 0 saturated carbocycles. The molecule has 1 unspecified atom stereocenters. The maximum Gasteiger partial charge on any atom is 0.371 e. The lowest BCUT2D eigenvalue weighted by atomic mass is 10.1. The fourth-order valence-electron chi connectivity index (χ4n) is 0.659. The van der Waals surface area contributed by atoms with Crippen LogP contribution in [0.2, 0.25) is 0 Å². The molecule has 0 aromatic rings. The van der Waals surface area contributed by atoms with E-state index in [0.29, 0.717) is 5.57 Å². The summed E-state index contributed by atoms with van der Waals surface area (Å²) in [4.78, 5) is 19.3. The first-order valence-electron chi connectivity index (χ1n) is 2.82. The van der Waals surface area contributed by atoms with Crippen LogP contribution in [0, 0.1) is 0 Å². The molecule has 0 spiro atoms. The molecule has 50 valence electrons. The second-order valence-corrected chi connectivity index (χ2v) is 1.89. The van der Waals surface area contributed by atoms with E-state index in [1.807, 2.05) is 6.92 Å². The molecule has 1 atom stereocenters. The van der Waals surface area contributed by atoms with Gasteiger partial charge in [-0.05, 0) is 6.42 Å². The highest BCUT2D eigenvalue weighted by atomic mass is 17.2. The Labute approximate surface area is 53.2 Å². The van der Waals surface area contributed by atoms with E-state index in [9.17, 15) is 4.79 Å². The maximum absolute atomic E-state index is 10.5. The Morgan fingerprint density at radius 3 is 2.67 bits per heavy atom. The molecular formula is C6H8O3. The average Bonchev–Trinajstić information content (AvgIpc) is 2.15. The van der Waals surface area contributed by atoms with Gasteiger partial charge in [0.25, 0.3) is 0 Å². The Morgan fingerprint density at radius 1 is 1.78 bits per heavy atom. The highest BCUT2D eigenvalue weighted by Gasteiger charge is 2.28. The minimum atomic E-state index is -0.443. The fraction of sp³-hybridized carbons (Fsp3) is 0.500. The summed E-state index contributed by atoms with van der Waals surface area (Å²) >= 11 is 0. The smallest absolute Gasteiger partial charge is 0.292 e. The first-order chi connectivity index (χ1) is 4.25. The van der Waals surface area contributed by atoms with Gasteiger partial charge >= 0.3 is 5.97 Å². The van der Waals surface area contributed by atoms with Crippen molar-refractivity contribution in [2.45, 2.75) is 19.4 Å². The molecule has 0 bridgehead atoms. The molecule has 0 N–H and O–H groups in total. The summed E-state index contributed by atoms with van der Waals surface area (Å²) in [6, 6.07) is 0. The van der Waals surface area contributed by atoms with Gasteiger partial charge in [0.05, 0.1) is 5.57 Å². The molecule has 1 saturated heterocycles. The summed E-state index contributed by atoms with van der Waals surface area (Å²) in [5.41, 5.74) is 0.414. The molecule has 0 aromatic carbocycles. The van der Waals surface area contributed by atoms with Gasteiger partial charge in [-0.1, -0.05) is 13.5 Å². The molecule has 3 nitrogen and oxygen atoms in total. The monoisotopic (exact) mass is 128 g/mol. The standard InChI is InChI=1S/C6H8O3/c1-3-5-4(2)6(7)9-8-5/h5H,2-3H2,1H3. The van der Waals surface area contributed by atoms with Crippen LogP contribution in [0.1, 0.15) is 13.3 Å². The molecular weight excluding hydrogens is 120 g/mol. The first kappa shape index (κ1) is 6.29. The molecule has 0 amide bonds. The van der Waals surface area contributed by atoms with Crippen LogP contribution in [-0.4, -0.2) is 12.1 Å². The van der Waals surface area contributed by atoms with Gasteiger partial charge in [-0.3, -0.25) is 4.89 Å². The lowest BCUT2D eigenvalue weighted by Crippen LogP contribution is -2.05. The third-order valence-electron chi connectivity index (χ3n) is 1.26. The van der Waals surface area contributed by atoms with Gasteiger partial charge < -0.3 is 0 Å². The minimum Gasteiger partial charge on any atom is -0.292 e. The number of rotatable bonds is 1. The lowest BCUT2D eigenvalue weighted by molar-refractivity contribution is -0.261. The zero-order valence-electron chi connectivity index (χ0n) is 5.22. The Hall–Kier alpha value is -0.830. The van der Waals surface area contributed by atoms with E-state index in [-0.39, 0.29) is 6.10 Å². The summed E-state index contributed by atoms with van der Waals surface area (Å²) in [5.74, 6) is -0.443. The third kappa shape index (κ3) is 0.954. The van der Waals surface area contributed by atoms with Crippen LogP contribution >= 0.6 is 0 Å². The zero-order valence-corrected chi connectivity index (χ0v) is 5.22. The number of carbonyl (C=O) groups excluding carboxylic acids is 1. The second kappa shape index (κ2) is 2.19. The average molecular weight is 128 g/mol. The van der Waals surface area contributed by atoms with E-state index in [2.05, 4.69) is 16.4 Å². The molecule has 1 heterocycles. The van der Waals surface area contributed by atoms with Crippen molar-refractivity contribution >= 4 is 5.97 Å². The summed E-state index contributed by atoms with van der Waals surface area (Å²) in [6.07, 6.45) is 0.502. The van der Waals surface area contributed by atoms with Crippen molar-refractivity contribution in [1.82, 2.24) is 0 Å². The summed E-state index contributed by atoms with van der Waals surface area (Å²) in [7, 11) is 0. The van der Waals surface area contributed by atoms with Gasteiger partial charge in [0.2, 0.25) is 0 Å². The fourth-order valence-corrected chi connectivity index (χ4v) is 0.659. The zero-order chi connectivity index (χ0) is 6.85. The van der Waals surface area contributed by atoms with Gasteiger partial charge in [0, 0.05) is 0 Å². The van der Waals surface area contributed by atoms with E-state index in [0.717, 1.165) is 6.42 Å². The summed E-state index contributed by atoms with van der Waals surface area (Å²) in [6.45, 7) is 5.39. The largest absolute Gasteiger partial charge is 0.371 e. The van der Waals surface area contributed by atoms with Crippen LogP contribution in [0.25, 0.3) is 0 Å². The Balaban J connectivity index is 2.62. The Morgan fingerprint density at radius 2 is 2.44 bits per heavy atom. The van der Waals surface area contributed by atoms with Gasteiger partial charge in [0.1, 0.15) is 6.10 Å². The van der Waals surface area contributed by atoms with Crippen molar-refractivity contribution < 1.29 is 14.6 Å². The normalized spacial score (nSPS) is 26.6. The predicted molar refractivity (Wildman–Crippen MR) is 30.4 cm³/mol. The number of carbonyl (C=O) groups is 1. The maximum atomic E-state index is 10.5.